The molecule has 2 fully saturated rings. The van der Waals surface area contributed by atoms with Crippen molar-refractivity contribution in [2.75, 3.05) is 30.5 Å². The van der Waals surface area contributed by atoms with E-state index in [1.807, 2.05) is 31.8 Å². The van der Waals surface area contributed by atoms with E-state index >= 15 is 0 Å². The van der Waals surface area contributed by atoms with Gasteiger partial charge >= 0.3 is 36.7 Å². The van der Waals surface area contributed by atoms with Gasteiger partial charge in [0.1, 0.15) is 14.9 Å². The van der Waals surface area contributed by atoms with Crippen LogP contribution in [0.3, 0.4) is 0 Å². The van der Waals surface area contributed by atoms with E-state index in [1.165, 1.54) is 42.6 Å². The second kappa shape index (κ2) is 15.8. The van der Waals surface area contributed by atoms with Crippen molar-refractivity contribution in [2.24, 2.45) is 0 Å². The van der Waals surface area contributed by atoms with E-state index < -0.39 is 18.9 Å². The van der Waals surface area contributed by atoms with Gasteiger partial charge in [-0.1, -0.05) is 12.1 Å². The molecule has 15 heteroatoms. The summed E-state index contributed by atoms with van der Waals surface area (Å²) in [6.07, 6.45) is 8.67. The second-order valence-corrected chi connectivity index (χ2v) is 16.0. The van der Waals surface area contributed by atoms with E-state index in [-0.39, 0.29) is 10.6 Å². The molecule has 0 bridgehead atoms. The van der Waals surface area contributed by atoms with Crippen molar-refractivity contribution in [3.05, 3.63) is 90.9 Å². The van der Waals surface area contributed by atoms with Crippen molar-refractivity contribution in [2.45, 2.75) is 50.6 Å². The number of halogens is 4. The van der Waals surface area contributed by atoms with Crippen LogP contribution < -0.4 is 16.4 Å². The zero-order chi connectivity index (χ0) is 31.1. The summed E-state index contributed by atoms with van der Waals surface area (Å²) in [5.41, 5.74) is 13.1. The van der Waals surface area contributed by atoms with Gasteiger partial charge in [-0.3, -0.25) is 10.1 Å². The molecule has 0 unspecified atom stereocenters. The molecule has 228 valence electrons. The van der Waals surface area contributed by atoms with Crippen molar-refractivity contribution < 1.29 is 4.92 Å². The summed E-state index contributed by atoms with van der Waals surface area (Å²) in [6.45, 7) is 1.50. The number of imidazole rings is 2. The number of nitrogens with one attached hydrogen (secondary N) is 2. The first-order chi connectivity index (χ1) is 20.7. The zero-order valence-corrected chi connectivity index (χ0v) is 31.2. The number of benzene rings is 2. The van der Waals surface area contributed by atoms with Crippen LogP contribution in [0.2, 0.25) is 0 Å². The summed E-state index contributed by atoms with van der Waals surface area (Å²) in [5, 5.41) is 16.9. The molecule has 0 saturated heterocycles. The summed E-state index contributed by atoms with van der Waals surface area (Å²) in [6, 6.07) is 11.3. The average molecular weight is 862 g/mol. The SMILES string of the molecule is CNc1cc(Cn2cnc(Br)c2C2CC2)ccc1N.CNc1cc(Cn2cnc(Br)c2C2CC2)ccc1[N+](=O)[O-].[Cl][Sn][Cl]. The molecule has 2 aliphatic carbocycles. The Morgan fingerprint density at radius 3 is 1.77 bits per heavy atom. The summed E-state index contributed by atoms with van der Waals surface area (Å²) in [4.78, 5) is 19.3. The number of anilines is 3. The topological polar surface area (TPSA) is 129 Å². The molecule has 2 radical (unpaired) electrons. The van der Waals surface area contributed by atoms with Gasteiger partial charge in [-0.05, 0) is 86.9 Å². The molecule has 2 heterocycles. The Morgan fingerprint density at radius 1 is 0.907 bits per heavy atom. The van der Waals surface area contributed by atoms with Crippen molar-refractivity contribution in [1.29, 1.82) is 0 Å². The predicted molar refractivity (Wildman–Crippen MR) is 183 cm³/mol. The molecule has 4 aromatic rings. The number of nitrogens with zero attached hydrogens (tertiary/aromatic N) is 5. The number of nitrogen functional groups attached to an aromatic ring is 1. The molecule has 0 aliphatic heterocycles. The minimum atomic E-state index is -0.826. The summed E-state index contributed by atoms with van der Waals surface area (Å²) < 4.78 is 6.23. The maximum absolute atomic E-state index is 10.9. The Balaban J connectivity index is 0.000000181. The molecule has 2 saturated carbocycles. The summed E-state index contributed by atoms with van der Waals surface area (Å²) >= 11 is 6.22. The molecule has 0 atom stereocenters. The van der Waals surface area contributed by atoms with Crippen molar-refractivity contribution >= 4 is 91.3 Å². The van der Waals surface area contributed by atoms with Gasteiger partial charge in [-0.15, -0.1) is 0 Å². The number of nitrogens with two attached hydrogens (primary N) is 1. The molecule has 2 aromatic heterocycles. The van der Waals surface area contributed by atoms with Crippen LogP contribution in [0.15, 0.2) is 58.3 Å². The maximum atomic E-state index is 10.9. The van der Waals surface area contributed by atoms with Crippen LogP contribution >= 0.6 is 49.7 Å². The first-order valence-corrected chi connectivity index (χ1v) is 22.4. The van der Waals surface area contributed by atoms with Crippen LogP contribution in [-0.4, -0.2) is 57.0 Å². The molecular weight excluding hydrogens is 830 g/mol. The van der Waals surface area contributed by atoms with Gasteiger partial charge < -0.3 is 25.5 Å². The van der Waals surface area contributed by atoms with Crippen LogP contribution in [0.1, 0.15) is 60.0 Å². The van der Waals surface area contributed by atoms with Crippen LogP contribution in [-0.2, 0) is 13.1 Å². The molecule has 0 amide bonds. The zero-order valence-electron chi connectivity index (χ0n) is 23.7. The van der Waals surface area contributed by atoms with Gasteiger partial charge in [-0.2, -0.15) is 0 Å². The van der Waals surface area contributed by atoms with E-state index in [1.54, 1.807) is 19.2 Å². The van der Waals surface area contributed by atoms with Gasteiger partial charge in [0.25, 0.3) is 5.69 Å². The normalized spacial score (nSPS) is 13.8. The van der Waals surface area contributed by atoms with E-state index in [9.17, 15) is 10.1 Å². The number of rotatable bonds is 9. The molecule has 10 nitrogen and oxygen atoms in total. The number of aromatic nitrogens is 4. The Kier molecular flexibility index (Phi) is 12.5. The van der Waals surface area contributed by atoms with Gasteiger partial charge in [0.05, 0.1) is 40.3 Å². The monoisotopic (exact) mass is 860 g/mol. The van der Waals surface area contributed by atoms with Crippen LogP contribution in [0.25, 0.3) is 0 Å². The number of hydrogen-bond donors (Lipinski definition) is 3. The predicted octanol–water partition coefficient (Wildman–Crippen LogP) is 7.71. The quantitative estimate of drug-likeness (QED) is 0.0681. The third-order valence-corrected chi connectivity index (χ3v) is 8.43. The van der Waals surface area contributed by atoms with Crippen molar-refractivity contribution in [3.63, 3.8) is 0 Å². The first kappa shape index (κ1) is 33.9. The Labute approximate surface area is 285 Å². The average Bonchev–Trinajstić information content (AvgIpc) is 3.93. The molecule has 4 N–H and O–H groups in total. The van der Waals surface area contributed by atoms with Crippen molar-refractivity contribution in [3.8, 4) is 0 Å². The second-order valence-electron chi connectivity index (χ2n) is 10.2. The van der Waals surface area contributed by atoms with Crippen molar-refractivity contribution in [1.82, 2.24) is 19.1 Å². The van der Waals surface area contributed by atoms with Gasteiger partial charge in [-0.25, -0.2) is 9.97 Å². The fraction of sp³-hybridized carbons (Fsp3) is 0.357. The molecule has 0 spiro atoms. The minimum absolute atomic E-state index is 0.0930. The fourth-order valence-electron chi connectivity index (χ4n) is 4.86. The third kappa shape index (κ3) is 9.02. The van der Waals surface area contributed by atoms with Gasteiger partial charge in [0, 0.05) is 45.1 Å². The van der Waals surface area contributed by atoms with Crippen LogP contribution in [0, 0.1) is 10.1 Å². The molecule has 6 rings (SSSR count). The van der Waals surface area contributed by atoms with E-state index in [0.29, 0.717) is 24.1 Å². The molecule has 43 heavy (non-hydrogen) atoms. The Hall–Kier alpha value is -2.00. The fourth-order valence-corrected chi connectivity index (χ4v) is 6.14. The number of nitro benzene ring substituents is 1. The third-order valence-electron chi connectivity index (χ3n) is 7.21. The van der Waals surface area contributed by atoms with E-state index in [4.69, 9.17) is 23.6 Å². The number of nitro groups is 1. The first-order valence-electron chi connectivity index (χ1n) is 13.6. The summed E-state index contributed by atoms with van der Waals surface area (Å²) in [7, 11) is 13.4. The Morgan fingerprint density at radius 2 is 1.35 bits per heavy atom. The number of hydrogen-bond acceptors (Lipinski definition) is 7. The van der Waals surface area contributed by atoms with Gasteiger partial charge in [0.15, 0.2) is 0 Å². The Bertz CT molecular complexity index is 1560. The summed E-state index contributed by atoms with van der Waals surface area (Å²) in [5.74, 6) is 1.26. The molecule has 2 aliphatic rings. The van der Waals surface area contributed by atoms with Crippen LogP contribution in [0.4, 0.5) is 22.7 Å². The standard InChI is InChI=1S/C14H15BrN4O2.C14H17BrN4.2ClH.Sn/c1-16-11-6-9(2-5-12(11)19(20)21)7-18-8-17-14(15)13(18)10-3-4-10;1-17-12-6-9(2-5-11(12)16)7-19-8-18-14(15)13(19)10-3-4-10;;;/h2,5-6,8,10,16H,3-4,7H2,1H3;2,5-6,8,10,17H,3-4,7,16H2,1H3;2*1H;/q;;;;+2/p-2. The van der Waals surface area contributed by atoms with Gasteiger partial charge in [0.2, 0.25) is 0 Å². The molecule has 2 aromatic carbocycles. The van der Waals surface area contributed by atoms with E-state index in [0.717, 1.165) is 32.7 Å². The van der Waals surface area contributed by atoms with E-state index in [2.05, 4.69) is 73.7 Å². The molecular formula is C28H32Br2Cl2N8O2Sn. The van der Waals surface area contributed by atoms with Crippen LogP contribution in [0.5, 0.6) is 0 Å².